The van der Waals surface area contributed by atoms with Crippen molar-refractivity contribution in [1.82, 2.24) is 9.80 Å². The van der Waals surface area contributed by atoms with Gasteiger partial charge in [0.1, 0.15) is 5.60 Å². The third-order valence-electron chi connectivity index (χ3n) is 3.18. The molecule has 1 heterocycles. The third kappa shape index (κ3) is 5.79. The van der Waals surface area contributed by atoms with Crippen LogP contribution in [0.3, 0.4) is 0 Å². The molecule has 1 aliphatic heterocycles. The van der Waals surface area contributed by atoms with E-state index in [0.29, 0.717) is 39.3 Å². The summed E-state index contributed by atoms with van der Waals surface area (Å²) in [6.07, 6.45) is -0.758. The van der Waals surface area contributed by atoms with Crippen LogP contribution in [0.25, 0.3) is 0 Å². The van der Waals surface area contributed by atoms with Crippen molar-refractivity contribution < 1.29 is 24.2 Å². The maximum atomic E-state index is 12.2. The van der Waals surface area contributed by atoms with Crippen LogP contribution in [0.4, 0.5) is 9.59 Å². The van der Waals surface area contributed by atoms with E-state index in [0.717, 1.165) is 0 Å². The number of rotatable bonds is 4. The van der Waals surface area contributed by atoms with Crippen molar-refractivity contribution in [3.8, 4) is 0 Å². The molecule has 1 atom stereocenters. The fourth-order valence-corrected chi connectivity index (χ4v) is 2.20. The summed E-state index contributed by atoms with van der Waals surface area (Å²) in [7, 11) is 0. The van der Waals surface area contributed by atoms with Crippen LogP contribution in [0.15, 0.2) is 0 Å². The Labute approximate surface area is 125 Å². The number of hydrogen-bond donors (Lipinski definition) is 1. The van der Waals surface area contributed by atoms with Gasteiger partial charge in [-0.15, -0.1) is 0 Å². The van der Waals surface area contributed by atoms with Crippen molar-refractivity contribution in [3.63, 3.8) is 0 Å². The summed E-state index contributed by atoms with van der Waals surface area (Å²) in [6, 6.07) is -0.212. The molecule has 1 N–H and O–H groups in total. The number of carbonyl (C=O) groups is 2. The molecule has 0 aromatic rings. The standard InChI is InChI=1S/C14H26N2O5/c1-5-20-9-6-11-10-15(12(17)18)7-8-16(11)13(19)21-14(2,3)4/h11H,5-10H2,1-4H3,(H,17,18). The Balaban J connectivity index is 2.69. The molecule has 0 aliphatic carbocycles. The van der Waals surface area contributed by atoms with E-state index in [2.05, 4.69) is 0 Å². The molecule has 0 aromatic heterocycles. The van der Waals surface area contributed by atoms with Crippen molar-refractivity contribution in [2.24, 2.45) is 0 Å². The number of carbonyl (C=O) groups excluding carboxylic acids is 1. The first kappa shape index (κ1) is 17.6. The smallest absolute Gasteiger partial charge is 0.410 e. The van der Waals surface area contributed by atoms with E-state index in [-0.39, 0.29) is 6.04 Å². The van der Waals surface area contributed by atoms with Gasteiger partial charge >= 0.3 is 12.2 Å². The summed E-state index contributed by atoms with van der Waals surface area (Å²) in [6.45, 7) is 9.37. The molecular formula is C14H26N2O5. The van der Waals surface area contributed by atoms with Crippen LogP contribution in [0, 0.1) is 0 Å². The number of hydrogen-bond acceptors (Lipinski definition) is 4. The molecule has 21 heavy (non-hydrogen) atoms. The van der Waals surface area contributed by atoms with Crippen LogP contribution in [0.5, 0.6) is 0 Å². The molecule has 0 radical (unpaired) electrons. The first-order valence-electron chi connectivity index (χ1n) is 7.30. The second kappa shape index (κ2) is 7.49. The third-order valence-corrected chi connectivity index (χ3v) is 3.18. The number of ether oxygens (including phenoxy) is 2. The van der Waals surface area contributed by atoms with E-state index < -0.39 is 17.8 Å². The second-order valence-electron chi connectivity index (χ2n) is 6.04. The summed E-state index contributed by atoms with van der Waals surface area (Å²) < 4.78 is 10.7. The molecule has 2 amide bonds. The van der Waals surface area contributed by atoms with Gasteiger partial charge in [0.2, 0.25) is 0 Å². The van der Waals surface area contributed by atoms with Crippen molar-refractivity contribution >= 4 is 12.2 Å². The SMILES string of the molecule is CCOCCC1CN(C(=O)O)CCN1C(=O)OC(C)(C)C. The monoisotopic (exact) mass is 302 g/mol. The second-order valence-corrected chi connectivity index (χ2v) is 6.04. The Morgan fingerprint density at radius 1 is 1.29 bits per heavy atom. The Kier molecular flexibility index (Phi) is 6.26. The molecule has 0 spiro atoms. The highest BCUT2D eigenvalue weighted by Gasteiger charge is 2.34. The molecule has 7 heteroatoms. The average Bonchev–Trinajstić information content (AvgIpc) is 2.36. The van der Waals surface area contributed by atoms with Gasteiger partial charge in [-0.3, -0.25) is 0 Å². The summed E-state index contributed by atoms with van der Waals surface area (Å²) in [5.74, 6) is 0. The van der Waals surface area contributed by atoms with Crippen LogP contribution in [0.1, 0.15) is 34.1 Å². The molecule has 0 bridgehead atoms. The average molecular weight is 302 g/mol. The van der Waals surface area contributed by atoms with Gasteiger partial charge in [0.05, 0.1) is 6.04 Å². The van der Waals surface area contributed by atoms with Crippen molar-refractivity contribution in [2.45, 2.75) is 45.8 Å². The number of nitrogens with zero attached hydrogens (tertiary/aromatic N) is 2. The molecule has 0 saturated carbocycles. The molecule has 7 nitrogen and oxygen atoms in total. The van der Waals surface area contributed by atoms with Gasteiger partial charge in [-0.2, -0.15) is 0 Å². The lowest BCUT2D eigenvalue weighted by Crippen LogP contribution is -2.57. The van der Waals surface area contributed by atoms with Gasteiger partial charge < -0.3 is 24.4 Å². The van der Waals surface area contributed by atoms with Crippen LogP contribution >= 0.6 is 0 Å². The quantitative estimate of drug-likeness (QED) is 0.804. The predicted octanol–water partition coefficient (Wildman–Crippen LogP) is 2.01. The lowest BCUT2D eigenvalue weighted by atomic mass is 10.1. The first-order valence-corrected chi connectivity index (χ1v) is 7.30. The minimum atomic E-state index is -0.958. The minimum absolute atomic E-state index is 0.212. The Bertz CT molecular complexity index is 367. The lowest BCUT2D eigenvalue weighted by molar-refractivity contribution is -0.00594. The van der Waals surface area contributed by atoms with E-state index in [4.69, 9.17) is 14.6 Å². The van der Waals surface area contributed by atoms with Crippen molar-refractivity contribution in [1.29, 1.82) is 0 Å². The van der Waals surface area contributed by atoms with Gasteiger partial charge in [0.15, 0.2) is 0 Å². The summed E-state index contributed by atoms with van der Waals surface area (Å²) in [5, 5.41) is 9.10. The highest BCUT2D eigenvalue weighted by atomic mass is 16.6. The van der Waals surface area contributed by atoms with E-state index >= 15 is 0 Å². The number of amides is 2. The molecular weight excluding hydrogens is 276 g/mol. The largest absolute Gasteiger partial charge is 0.465 e. The van der Waals surface area contributed by atoms with Crippen molar-refractivity contribution in [2.75, 3.05) is 32.8 Å². The zero-order chi connectivity index (χ0) is 16.0. The van der Waals surface area contributed by atoms with Gasteiger partial charge in [-0.05, 0) is 34.1 Å². The first-order chi connectivity index (χ1) is 9.74. The molecule has 1 aliphatic rings. The molecule has 1 rings (SSSR count). The minimum Gasteiger partial charge on any atom is -0.465 e. The summed E-state index contributed by atoms with van der Waals surface area (Å²) in [5.41, 5.74) is -0.564. The number of piperazine rings is 1. The molecule has 0 aromatic carbocycles. The zero-order valence-electron chi connectivity index (χ0n) is 13.3. The molecule has 122 valence electrons. The highest BCUT2D eigenvalue weighted by molar-refractivity contribution is 5.70. The normalized spacial score (nSPS) is 19.5. The molecule has 1 fully saturated rings. The van der Waals surface area contributed by atoms with Crippen LogP contribution in [-0.2, 0) is 9.47 Å². The van der Waals surface area contributed by atoms with Crippen LogP contribution < -0.4 is 0 Å². The predicted molar refractivity (Wildman–Crippen MR) is 77.4 cm³/mol. The maximum absolute atomic E-state index is 12.2. The maximum Gasteiger partial charge on any atom is 0.410 e. The summed E-state index contributed by atoms with van der Waals surface area (Å²) in [4.78, 5) is 26.3. The van der Waals surface area contributed by atoms with Crippen molar-refractivity contribution in [3.05, 3.63) is 0 Å². The van der Waals surface area contributed by atoms with E-state index in [9.17, 15) is 9.59 Å². The molecule has 1 unspecified atom stereocenters. The Morgan fingerprint density at radius 3 is 2.48 bits per heavy atom. The van der Waals surface area contributed by atoms with E-state index in [1.165, 1.54) is 4.90 Å². The topological polar surface area (TPSA) is 79.3 Å². The number of carboxylic acid groups (broad SMARTS) is 1. The highest BCUT2D eigenvalue weighted by Crippen LogP contribution is 2.18. The summed E-state index contributed by atoms with van der Waals surface area (Å²) >= 11 is 0. The van der Waals surface area contributed by atoms with Crippen LogP contribution in [-0.4, -0.2) is 71.6 Å². The Hall–Kier alpha value is -1.50. The lowest BCUT2D eigenvalue weighted by Gasteiger charge is -2.40. The van der Waals surface area contributed by atoms with Crippen LogP contribution in [0.2, 0.25) is 0 Å². The van der Waals surface area contributed by atoms with Gasteiger partial charge in [0, 0.05) is 32.8 Å². The zero-order valence-corrected chi connectivity index (χ0v) is 13.3. The molecule has 1 saturated heterocycles. The van der Waals surface area contributed by atoms with E-state index in [1.54, 1.807) is 4.90 Å². The Morgan fingerprint density at radius 2 is 1.95 bits per heavy atom. The van der Waals surface area contributed by atoms with E-state index in [1.807, 2.05) is 27.7 Å². The fraction of sp³-hybridized carbons (Fsp3) is 0.857. The van der Waals surface area contributed by atoms with Gasteiger partial charge in [-0.1, -0.05) is 0 Å². The van der Waals surface area contributed by atoms with Gasteiger partial charge in [-0.25, -0.2) is 9.59 Å². The van der Waals surface area contributed by atoms with Gasteiger partial charge in [0.25, 0.3) is 0 Å². The fourth-order valence-electron chi connectivity index (χ4n) is 2.20.